The van der Waals surface area contributed by atoms with Crippen LogP contribution in [0.2, 0.25) is 5.02 Å². The summed E-state index contributed by atoms with van der Waals surface area (Å²) in [6.07, 6.45) is 1.65. The Morgan fingerprint density at radius 1 is 1.23 bits per heavy atom. The van der Waals surface area contributed by atoms with Crippen molar-refractivity contribution in [3.05, 3.63) is 65.1 Å². The second kappa shape index (κ2) is 10.2. The van der Waals surface area contributed by atoms with Crippen LogP contribution in [0.25, 0.3) is 11.3 Å². The van der Waals surface area contributed by atoms with E-state index in [4.69, 9.17) is 16.3 Å². The van der Waals surface area contributed by atoms with Crippen molar-refractivity contribution in [2.24, 2.45) is 0 Å². The van der Waals surface area contributed by atoms with E-state index in [9.17, 15) is 9.18 Å². The topological polar surface area (TPSA) is 70.2 Å². The zero-order chi connectivity index (χ0) is 21.5. The number of hydrogen-bond acceptors (Lipinski definition) is 4. The number of rotatable bonds is 9. The molecule has 0 unspecified atom stereocenters. The maximum absolute atomic E-state index is 13.0. The SMILES string of the molecule is COc1ccc(Cl)cc1NC(=O)CN(C)CCCc1cc(-c2ccc(F)cc2)n[nH]1. The van der Waals surface area contributed by atoms with Crippen molar-refractivity contribution < 1.29 is 13.9 Å². The molecule has 1 aromatic heterocycles. The van der Waals surface area contributed by atoms with Crippen LogP contribution in [0.1, 0.15) is 12.1 Å². The molecule has 1 heterocycles. The number of nitrogens with zero attached hydrogens (tertiary/aromatic N) is 2. The minimum absolute atomic E-state index is 0.141. The molecule has 8 heteroatoms. The van der Waals surface area contributed by atoms with Gasteiger partial charge < -0.3 is 10.1 Å². The number of anilines is 1. The Bertz CT molecular complexity index is 991. The van der Waals surface area contributed by atoms with Crippen molar-refractivity contribution in [1.29, 1.82) is 0 Å². The number of hydrogen-bond donors (Lipinski definition) is 2. The number of amides is 1. The minimum atomic E-state index is -0.268. The highest BCUT2D eigenvalue weighted by Crippen LogP contribution is 2.27. The monoisotopic (exact) mass is 430 g/mol. The predicted octanol–water partition coefficient (Wildman–Crippen LogP) is 4.38. The summed E-state index contributed by atoms with van der Waals surface area (Å²) in [5.74, 6) is 0.153. The van der Waals surface area contributed by atoms with Crippen molar-refractivity contribution in [2.45, 2.75) is 12.8 Å². The fourth-order valence-electron chi connectivity index (χ4n) is 3.09. The smallest absolute Gasteiger partial charge is 0.238 e. The molecule has 0 radical (unpaired) electrons. The van der Waals surface area contributed by atoms with Gasteiger partial charge in [-0.3, -0.25) is 14.8 Å². The number of likely N-dealkylation sites (N-methyl/N-ethyl adjacent to an activating group) is 1. The molecule has 6 nitrogen and oxygen atoms in total. The van der Waals surface area contributed by atoms with E-state index in [0.29, 0.717) is 16.5 Å². The maximum atomic E-state index is 13.0. The van der Waals surface area contributed by atoms with Crippen LogP contribution in [0, 0.1) is 5.82 Å². The van der Waals surface area contributed by atoms with Crippen LogP contribution >= 0.6 is 11.6 Å². The van der Waals surface area contributed by atoms with Gasteiger partial charge in [-0.05, 0) is 75.0 Å². The molecule has 0 aliphatic carbocycles. The van der Waals surface area contributed by atoms with Crippen molar-refractivity contribution >= 4 is 23.2 Å². The Labute approximate surface area is 180 Å². The molecule has 0 fully saturated rings. The largest absolute Gasteiger partial charge is 0.495 e. The fraction of sp³-hybridized carbons (Fsp3) is 0.273. The lowest BCUT2D eigenvalue weighted by Gasteiger charge is -2.17. The summed E-state index contributed by atoms with van der Waals surface area (Å²) >= 11 is 6.00. The van der Waals surface area contributed by atoms with Crippen LogP contribution in [0.15, 0.2) is 48.5 Å². The van der Waals surface area contributed by atoms with E-state index >= 15 is 0 Å². The Balaban J connectivity index is 1.45. The van der Waals surface area contributed by atoms with Gasteiger partial charge in [-0.15, -0.1) is 0 Å². The molecule has 30 heavy (non-hydrogen) atoms. The molecule has 0 bridgehead atoms. The molecule has 3 rings (SSSR count). The van der Waals surface area contributed by atoms with Crippen LogP contribution < -0.4 is 10.1 Å². The summed E-state index contributed by atoms with van der Waals surface area (Å²) in [4.78, 5) is 14.3. The number of carbonyl (C=O) groups is 1. The average Bonchev–Trinajstić information content (AvgIpc) is 3.17. The second-order valence-electron chi connectivity index (χ2n) is 7.02. The normalized spacial score (nSPS) is 11.0. The highest BCUT2D eigenvalue weighted by atomic mass is 35.5. The third kappa shape index (κ3) is 6.05. The first-order valence-corrected chi connectivity index (χ1v) is 9.94. The molecule has 2 aromatic carbocycles. The van der Waals surface area contributed by atoms with Gasteiger partial charge in [0, 0.05) is 16.3 Å². The van der Waals surface area contributed by atoms with Gasteiger partial charge in [-0.2, -0.15) is 5.10 Å². The molecule has 1 amide bonds. The zero-order valence-electron chi connectivity index (χ0n) is 16.9. The standard InChI is InChI=1S/C22H24ClFN4O2/c1-28(14-22(29)25-20-12-16(23)7-10-21(20)30-2)11-3-4-18-13-19(27-26-18)15-5-8-17(24)9-6-15/h5-10,12-13H,3-4,11,14H2,1-2H3,(H,25,29)(H,26,27). The van der Waals surface area contributed by atoms with E-state index in [-0.39, 0.29) is 18.3 Å². The molecule has 0 spiro atoms. The summed E-state index contributed by atoms with van der Waals surface area (Å²) in [6.45, 7) is 0.991. The lowest BCUT2D eigenvalue weighted by atomic mass is 10.1. The van der Waals surface area contributed by atoms with Crippen LogP contribution in [0.3, 0.4) is 0 Å². The number of halogens is 2. The molecular weight excluding hydrogens is 407 g/mol. The van der Waals surface area contributed by atoms with Crippen molar-refractivity contribution in [3.63, 3.8) is 0 Å². The van der Waals surface area contributed by atoms with Gasteiger partial charge in [-0.25, -0.2) is 4.39 Å². The van der Waals surface area contributed by atoms with E-state index in [1.807, 2.05) is 18.0 Å². The Morgan fingerprint density at radius 2 is 2.00 bits per heavy atom. The van der Waals surface area contributed by atoms with E-state index < -0.39 is 0 Å². The van der Waals surface area contributed by atoms with Gasteiger partial charge in [0.1, 0.15) is 11.6 Å². The van der Waals surface area contributed by atoms with Crippen LogP contribution in [0.5, 0.6) is 5.75 Å². The Hall–Kier alpha value is -2.90. The number of carbonyl (C=O) groups excluding carboxylic acids is 1. The third-order valence-corrected chi connectivity index (χ3v) is 4.84. The van der Waals surface area contributed by atoms with Crippen molar-refractivity contribution in [3.8, 4) is 17.0 Å². The molecule has 2 N–H and O–H groups in total. The summed E-state index contributed by atoms with van der Waals surface area (Å²) < 4.78 is 18.3. The summed E-state index contributed by atoms with van der Waals surface area (Å²) in [5, 5.41) is 10.7. The van der Waals surface area contributed by atoms with Gasteiger partial charge in [0.05, 0.1) is 25.0 Å². The number of benzene rings is 2. The Kier molecular flexibility index (Phi) is 7.43. The molecule has 0 aliphatic rings. The number of aromatic amines is 1. The van der Waals surface area contributed by atoms with Crippen molar-refractivity contribution in [2.75, 3.05) is 32.6 Å². The first kappa shape index (κ1) is 21.8. The van der Waals surface area contributed by atoms with Crippen LogP contribution in [0.4, 0.5) is 10.1 Å². The summed E-state index contributed by atoms with van der Waals surface area (Å²) in [5.41, 5.74) is 3.20. The van der Waals surface area contributed by atoms with Gasteiger partial charge in [0.15, 0.2) is 0 Å². The first-order valence-electron chi connectivity index (χ1n) is 9.57. The predicted molar refractivity (Wildman–Crippen MR) is 116 cm³/mol. The van der Waals surface area contributed by atoms with Gasteiger partial charge >= 0.3 is 0 Å². The van der Waals surface area contributed by atoms with E-state index in [0.717, 1.165) is 36.3 Å². The number of nitrogens with one attached hydrogen (secondary N) is 2. The first-order chi connectivity index (χ1) is 14.4. The van der Waals surface area contributed by atoms with Crippen LogP contribution in [-0.2, 0) is 11.2 Å². The van der Waals surface area contributed by atoms with Crippen LogP contribution in [-0.4, -0.2) is 48.3 Å². The van der Waals surface area contributed by atoms with E-state index in [1.54, 1.807) is 37.4 Å². The highest BCUT2D eigenvalue weighted by molar-refractivity contribution is 6.31. The fourth-order valence-corrected chi connectivity index (χ4v) is 3.26. The van der Waals surface area contributed by atoms with Crippen molar-refractivity contribution in [1.82, 2.24) is 15.1 Å². The number of aryl methyl sites for hydroxylation is 1. The van der Waals surface area contributed by atoms with E-state index in [1.165, 1.54) is 12.1 Å². The highest BCUT2D eigenvalue weighted by Gasteiger charge is 2.11. The molecule has 0 saturated carbocycles. The molecule has 3 aromatic rings. The molecule has 0 aliphatic heterocycles. The number of ether oxygens (including phenoxy) is 1. The second-order valence-corrected chi connectivity index (χ2v) is 7.46. The maximum Gasteiger partial charge on any atom is 0.238 e. The van der Waals surface area contributed by atoms with Gasteiger partial charge in [0.2, 0.25) is 5.91 Å². The van der Waals surface area contributed by atoms with E-state index in [2.05, 4.69) is 15.5 Å². The quantitative estimate of drug-likeness (QED) is 0.528. The summed E-state index contributed by atoms with van der Waals surface area (Å²) in [6, 6.07) is 13.3. The lowest BCUT2D eigenvalue weighted by Crippen LogP contribution is -2.31. The minimum Gasteiger partial charge on any atom is -0.495 e. The zero-order valence-corrected chi connectivity index (χ0v) is 17.7. The van der Waals surface area contributed by atoms with Gasteiger partial charge in [0.25, 0.3) is 0 Å². The lowest BCUT2D eigenvalue weighted by molar-refractivity contribution is -0.117. The molecular formula is C22H24ClFN4O2. The molecule has 0 saturated heterocycles. The molecule has 0 atom stereocenters. The average molecular weight is 431 g/mol. The summed E-state index contributed by atoms with van der Waals surface area (Å²) in [7, 11) is 3.44. The van der Waals surface area contributed by atoms with Gasteiger partial charge in [-0.1, -0.05) is 11.6 Å². The molecule has 158 valence electrons. The Morgan fingerprint density at radius 3 is 2.73 bits per heavy atom. The third-order valence-electron chi connectivity index (χ3n) is 4.61. The number of methoxy groups -OCH3 is 1. The number of aromatic nitrogens is 2. The number of H-pyrrole nitrogens is 1.